The number of anilines is 1. The molecule has 5 heteroatoms. The summed E-state index contributed by atoms with van der Waals surface area (Å²) in [4.78, 5) is 0. The van der Waals surface area contributed by atoms with E-state index in [9.17, 15) is 0 Å². The smallest absolute Gasteiger partial charge is 0.156 e. The fourth-order valence-corrected chi connectivity index (χ4v) is 2.16. The van der Waals surface area contributed by atoms with E-state index in [1.165, 1.54) is 0 Å². The van der Waals surface area contributed by atoms with E-state index in [0.29, 0.717) is 23.1 Å². The Morgan fingerprint density at radius 2 is 2.29 bits per heavy atom. The second kappa shape index (κ2) is 5.73. The molecule has 0 aromatic heterocycles. The van der Waals surface area contributed by atoms with Crippen molar-refractivity contribution in [3.63, 3.8) is 0 Å². The lowest BCUT2D eigenvalue weighted by atomic mass is 10.3. The van der Waals surface area contributed by atoms with Crippen molar-refractivity contribution in [2.45, 2.75) is 0 Å². The third kappa shape index (κ3) is 3.26. The molecule has 14 heavy (non-hydrogen) atoms. The van der Waals surface area contributed by atoms with E-state index in [-0.39, 0.29) is 0 Å². The van der Waals surface area contributed by atoms with Gasteiger partial charge in [0.05, 0.1) is 16.8 Å². The van der Waals surface area contributed by atoms with Crippen LogP contribution in [0.4, 0.5) is 5.69 Å². The van der Waals surface area contributed by atoms with Gasteiger partial charge in [0.25, 0.3) is 0 Å². The lowest BCUT2D eigenvalue weighted by molar-refractivity contribution is 0.344. The van der Waals surface area contributed by atoms with Gasteiger partial charge in [-0.3, -0.25) is 0 Å². The number of hydrogen-bond acceptors (Lipinski definition) is 3. The summed E-state index contributed by atoms with van der Waals surface area (Å²) in [6, 6.07) is 3.45. The Hall–Kier alpha value is -0.0600. The van der Waals surface area contributed by atoms with Crippen molar-refractivity contribution in [1.29, 1.82) is 0 Å². The number of rotatable bonds is 4. The third-order valence-electron chi connectivity index (χ3n) is 1.57. The minimum atomic E-state index is 0.561. The molecule has 0 unspecified atom stereocenters. The maximum Gasteiger partial charge on any atom is 0.156 e. The van der Waals surface area contributed by atoms with Gasteiger partial charge in [-0.15, -0.1) is 0 Å². The molecule has 1 rings (SSSR count). The van der Waals surface area contributed by atoms with E-state index in [2.05, 4.69) is 15.9 Å². The van der Waals surface area contributed by atoms with Crippen LogP contribution in [-0.4, -0.2) is 18.6 Å². The van der Waals surface area contributed by atoms with Gasteiger partial charge >= 0.3 is 0 Å². The van der Waals surface area contributed by atoms with Crippen LogP contribution in [0.25, 0.3) is 0 Å². The molecule has 2 nitrogen and oxygen atoms in total. The zero-order valence-corrected chi connectivity index (χ0v) is 10.9. The van der Waals surface area contributed by atoms with Gasteiger partial charge in [-0.25, -0.2) is 0 Å². The molecule has 0 bridgehead atoms. The average molecular weight is 297 g/mol. The standard InChI is InChI=1S/C9H11BrClNOS/c1-14-3-2-13-9-7(10)4-6(11)5-8(9)12/h4-5H,2-3,12H2,1H3. The molecule has 2 N–H and O–H groups in total. The van der Waals surface area contributed by atoms with E-state index in [4.69, 9.17) is 22.1 Å². The van der Waals surface area contributed by atoms with Crippen LogP contribution in [0, 0.1) is 0 Å². The first-order valence-corrected chi connectivity index (χ1v) is 6.58. The Balaban J connectivity index is 2.75. The summed E-state index contributed by atoms with van der Waals surface area (Å²) in [5, 5.41) is 0.603. The molecule has 1 aromatic carbocycles. The van der Waals surface area contributed by atoms with Crippen LogP contribution in [0.1, 0.15) is 0 Å². The Morgan fingerprint density at radius 1 is 1.57 bits per heavy atom. The van der Waals surface area contributed by atoms with Gasteiger partial charge in [-0.1, -0.05) is 11.6 Å². The highest BCUT2D eigenvalue weighted by Gasteiger charge is 2.07. The van der Waals surface area contributed by atoms with Crippen molar-refractivity contribution in [2.24, 2.45) is 0 Å². The first-order chi connectivity index (χ1) is 6.65. The number of thioether (sulfide) groups is 1. The second-order valence-electron chi connectivity index (χ2n) is 2.65. The monoisotopic (exact) mass is 295 g/mol. The van der Waals surface area contributed by atoms with Crippen LogP contribution in [0.5, 0.6) is 5.75 Å². The van der Waals surface area contributed by atoms with Crippen LogP contribution in [0.15, 0.2) is 16.6 Å². The highest BCUT2D eigenvalue weighted by atomic mass is 79.9. The SMILES string of the molecule is CSCCOc1c(N)cc(Cl)cc1Br. The summed E-state index contributed by atoms with van der Waals surface area (Å²) in [5.41, 5.74) is 6.32. The molecule has 0 radical (unpaired) electrons. The van der Waals surface area contributed by atoms with E-state index in [1.807, 2.05) is 6.26 Å². The summed E-state index contributed by atoms with van der Waals surface area (Å²) in [6.45, 7) is 0.644. The third-order valence-corrected chi connectivity index (χ3v) is 2.95. The molecule has 1 aromatic rings. The van der Waals surface area contributed by atoms with Gasteiger partial charge < -0.3 is 10.5 Å². The maximum absolute atomic E-state index is 5.81. The predicted octanol–water partition coefficient (Wildman–Crippen LogP) is 3.43. The number of nitrogen functional groups attached to an aromatic ring is 1. The Kier molecular flexibility index (Phi) is 4.92. The Morgan fingerprint density at radius 3 is 2.86 bits per heavy atom. The summed E-state index contributed by atoms with van der Waals surface area (Å²) in [6.07, 6.45) is 2.03. The quantitative estimate of drug-likeness (QED) is 0.683. The van der Waals surface area contributed by atoms with Crippen LogP contribution in [0.2, 0.25) is 5.02 Å². The number of nitrogens with two attached hydrogens (primary N) is 1. The van der Waals surface area contributed by atoms with Crippen molar-refractivity contribution in [2.75, 3.05) is 24.3 Å². The molecule has 0 aliphatic carbocycles. The molecule has 0 atom stereocenters. The maximum atomic E-state index is 5.81. The summed E-state index contributed by atoms with van der Waals surface area (Å²) in [7, 11) is 0. The van der Waals surface area contributed by atoms with Crippen molar-refractivity contribution in [3.05, 3.63) is 21.6 Å². The topological polar surface area (TPSA) is 35.2 Å². The van der Waals surface area contributed by atoms with Gasteiger partial charge in [-0.2, -0.15) is 11.8 Å². The molecule has 0 amide bonds. The van der Waals surface area contributed by atoms with Crippen molar-refractivity contribution in [3.8, 4) is 5.75 Å². The first-order valence-electron chi connectivity index (χ1n) is 4.01. The minimum Gasteiger partial charge on any atom is -0.489 e. The van der Waals surface area contributed by atoms with Gasteiger partial charge in [0.15, 0.2) is 5.75 Å². The number of benzene rings is 1. The Labute approximate surface area is 101 Å². The lowest BCUT2D eigenvalue weighted by Crippen LogP contribution is -2.03. The zero-order valence-electron chi connectivity index (χ0n) is 7.72. The molecule has 0 aliphatic heterocycles. The van der Waals surface area contributed by atoms with E-state index in [1.54, 1.807) is 23.9 Å². The Bertz CT molecular complexity index is 299. The average Bonchev–Trinajstić information content (AvgIpc) is 2.09. The molecule has 0 aliphatic rings. The summed E-state index contributed by atoms with van der Waals surface area (Å²) >= 11 is 10.9. The molecule has 0 heterocycles. The summed E-state index contributed by atoms with van der Waals surface area (Å²) in [5.74, 6) is 1.61. The molecule has 0 spiro atoms. The second-order valence-corrected chi connectivity index (χ2v) is 4.92. The highest BCUT2D eigenvalue weighted by Crippen LogP contribution is 2.34. The number of ether oxygens (including phenoxy) is 1. The van der Waals surface area contributed by atoms with Gasteiger partial charge in [-0.05, 0) is 34.3 Å². The predicted molar refractivity (Wildman–Crippen MR) is 67.4 cm³/mol. The molecule has 0 saturated carbocycles. The van der Waals surface area contributed by atoms with Crippen molar-refractivity contribution in [1.82, 2.24) is 0 Å². The zero-order chi connectivity index (χ0) is 10.6. The largest absolute Gasteiger partial charge is 0.489 e. The van der Waals surface area contributed by atoms with Gasteiger partial charge in [0.2, 0.25) is 0 Å². The van der Waals surface area contributed by atoms with Crippen LogP contribution >= 0.6 is 39.3 Å². The lowest BCUT2D eigenvalue weighted by Gasteiger charge is -2.10. The van der Waals surface area contributed by atoms with Gasteiger partial charge in [0.1, 0.15) is 0 Å². The normalized spacial score (nSPS) is 10.2. The molecule has 0 fully saturated rings. The molecule has 78 valence electrons. The fourth-order valence-electron chi connectivity index (χ4n) is 0.960. The van der Waals surface area contributed by atoms with Crippen molar-refractivity contribution < 1.29 is 4.74 Å². The molecular weight excluding hydrogens is 286 g/mol. The van der Waals surface area contributed by atoms with E-state index in [0.717, 1.165) is 10.2 Å². The first kappa shape index (κ1) is 12.0. The molecular formula is C9H11BrClNOS. The number of hydrogen-bond donors (Lipinski definition) is 1. The fraction of sp³-hybridized carbons (Fsp3) is 0.333. The number of halogens is 2. The minimum absolute atomic E-state index is 0.561. The van der Waals surface area contributed by atoms with Crippen molar-refractivity contribution >= 4 is 45.0 Å². The van der Waals surface area contributed by atoms with E-state index >= 15 is 0 Å². The van der Waals surface area contributed by atoms with Gasteiger partial charge in [0, 0.05) is 10.8 Å². The van der Waals surface area contributed by atoms with Crippen LogP contribution < -0.4 is 10.5 Å². The molecule has 0 saturated heterocycles. The van der Waals surface area contributed by atoms with Crippen LogP contribution in [-0.2, 0) is 0 Å². The van der Waals surface area contributed by atoms with Crippen LogP contribution in [0.3, 0.4) is 0 Å². The highest BCUT2D eigenvalue weighted by molar-refractivity contribution is 9.10. The summed E-state index contributed by atoms with van der Waals surface area (Å²) < 4.78 is 6.31. The van der Waals surface area contributed by atoms with E-state index < -0.39 is 0 Å².